The average molecular weight is 245 g/mol. The summed E-state index contributed by atoms with van der Waals surface area (Å²) in [6, 6.07) is 5.21. The fourth-order valence-corrected chi connectivity index (χ4v) is 1.62. The summed E-state index contributed by atoms with van der Waals surface area (Å²) >= 11 is 0. The van der Waals surface area contributed by atoms with Crippen LogP contribution in [-0.4, -0.2) is 25.2 Å². The van der Waals surface area contributed by atoms with Crippen LogP contribution in [0.15, 0.2) is 35.8 Å². The van der Waals surface area contributed by atoms with Gasteiger partial charge >= 0.3 is 0 Å². The molecule has 3 N–H and O–H groups in total. The van der Waals surface area contributed by atoms with E-state index in [0.29, 0.717) is 17.1 Å². The van der Waals surface area contributed by atoms with E-state index < -0.39 is 0 Å². The Morgan fingerprint density at radius 1 is 1.50 bits per heavy atom. The zero-order valence-electron chi connectivity index (χ0n) is 10.9. The molecule has 0 atom stereocenters. The van der Waals surface area contributed by atoms with Gasteiger partial charge in [-0.3, -0.25) is 9.79 Å². The lowest BCUT2D eigenvalue weighted by atomic mass is 10.0. The third-order valence-electron chi connectivity index (χ3n) is 2.52. The summed E-state index contributed by atoms with van der Waals surface area (Å²) in [5.74, 6) is 0.541. The first-order valence-corrected chi connectivity index (χ1v) is 5.91. The van der Waals surface area contributed by atoms with Gasteiger partial charge in [0.15, 0.2) is 5.78 Å². The van der Waals surface area contributed by atoms with Crippen molar-refractivity contribution in [2.45, 2.75) is 13.3 Å². The van der Waals surface area contributed by atoms with E-state index in [4.69, 9.17) is 5.73 Å². The van der Waals surface area contributed by atoms with E-state index in [0.717, 1.165) is 18.5 Å². The van der Waals surface area contributed by atoms with Crippen molar-refractivity contribution in [3.63, 3.8) is 0 Å². The van der Waals surface area contributed by atoms with Gasteiger partial charge in [-0.05, 0) is 30.7 Å². The first-order valence-electron chi connectivity index (χ1n) is 5.91. The molecule has 96 valence electrons. The van der Waals surface area contributed by atoms with Crippen LogP contribution in [0.25, 0.3) is 0 Å². The number of carbonyl (C=O) groups is 1. The predicted molar refractivity (Wildman–Crippen MR) is 76.1 cm³/mol. The molecule has 0 heterocycles. The molecule has 4 heteroatoms. The Hall–Kier alpha value is -2.10. The number of hydrogen-bond acceptors (Lipinski definition) is 3. The van der Waals surface area contributed by atoms with Crippen molar-refractivity contribution in [2.75, 3.05) is 19.3 Å². The van der Waals surface area contributed by atoms with Gasteiger partial charge in [0, 0.05) is 30.4 Å². The van der Waals surface area contributed by atoms with Crippen molar-refractivity contribution in [1.82, 2.24) is 5.32 Å². The number of nitrogen functional groups attached to an aromatic ring is 1. The van der Waals surface area contributed by atoms with Crippen LogP contribution < -0.4 is 11.1 Å². The monoisotopic (exact) mass is 245 g/mol. The highest BCUT2D eigenvalue weighted by Gasteiger charge is 2.13. The van der Waals surface area contributed by atoms with E-state index in [1.807, 2.05) is 0 Å². The maximum atomic E-state index is 11.8. The predicted octanol–water partition coefficient (Wildman–Crippen LogP) is 2.01. The third-order valence-corrected chi connectivity index (χ3v) is 2.52. The fraction of sp³-hybridized carbons (Fsp3) is 0.286. The highest BCUT2D eigenvalue weighted by atomic mass is 16.1. The first-order chi connectivity index (χ1) is 8.63. The number of benzene rings is 1. The molecule has 0 aliphatic carbocycles. The zero-order chi connectivity index (χ0) is 13.5. The number of nitrogens with one attached hydrogen (secondary N) is 1. The van der Waals surface area contributed by atoms with Crippen molar-refractivity contribution in [3.05, 3.63) is 42.0 Å². The number of rotatable bonds is 5. The van der Waals surface area contributed by atoms with Crippen molar-refractivity contribution in [2.24, 2.45) is 4.99 Å². The van der Waals surface area contributed by atoms with E-state index in [2.05, 4.69) is 23.8 Å². The molecule has 0 spiro atoms. The number of hydrogen-bond donors (Lipinski definition) is 2. The minimum absolute atomic E-state index is 0.156. The number of allylic oxidation sites excluding steroid dienone is 1. The molecule has 0 aromatic heterocycles. The Kier molecular flexibility index (Phi) is 5.11. The number of ketones is 1. The molecule has 4 nitrogen and oxygen atoms in total. The Labute approximate surface area is 108 Å². The summed E-state index contributed by atoms with van der Waals surface area (Å²) in [6.07, 6.45) is 2.27. The van der Waals surface area contributed by atoms with Gasteiger partial charge in [-0.2, -0.15) is 0 Å². The number of aliphatic imine (C=N–C) groups is 1. The van der Waals surface area contributed by atoms with Gasteiger partial charge in [-0.25, -0.2) is 0 Å². The minimum atomic E-state index is -0.156. The average Bonchev–Trinajstić information content (AvgIpc) is 2.39. The molecule has 18 heavy (non-hydrogen) atoms. The Bertz CT molecular complexity index is 478. The number of carbonyl (C=O) groups excluding carboxylic acids is 1. The smallest absolute Gasteiger partial charge is 0.186 e. The first kappa shape index (κ1) is 14.0. The molecule has 1 aromatic rings. The summed E-state index contributed by atoms with van der Waals surface area (Å²) in [5.41, 5.74) is 7.54. The highest BCUT2D eigenvalue weighted by Crippen LogP contribution is 2.15. The minimum Gasteiger partial charge on any atom is -0.399 e. The van der Waals surface area contributed by atoms with Crippen LogP contribution >= 0.6 is 0 Å². The van der Waals surface area contributed by atoms with Crippen LogP contribution in [0.4, 0.5) is 5.69 Å². The van der Waals surface area contributed by atoms with Gasteiger partial charge in [0.05, 0.1) is 0 Å². The molecule has 0 amide bonds. The molecule has 0 aliphatic rings. The fourth-order valence-electron chi connectivity index (χ4n) is 1.62. The van der Waals surface area contributed by atoms with Crippen LogP contribution in [-0.2, 0) is 0 Å². The van der Waals surface area contributed by atoms with Crippen LogP contribution in [0.3, 0.4) is 0 Å². The van der Waals surface area contributed by atoms with Crippen molar-refractivity contribution in [1.29, 1.82) is 0 Å². The van der Waals surface area contributed by atoms with Gasteiger partial charge in [0.25, 0.3) is 0 Å². The molecule has 0 saturated carbocycles. The van der Waals surface area contributed by atoms with Crippen LogP contribution in [0, 0.1) is 0 Å². The van der Waals surface area contributed by atoms with Gasteiger partial charge in [0.1, 0.15) is 5.84 Å². The quantitative estimate of drug-likeness (QED) is 0.274. The summed E-state index contributed by atoms with van der Waals surface area (Å²) in [4.78, 5) is 16.0. The van der Waals surface area contributed by atoms with E-state index >= 15 is 0 Å². The summed E-state index contributed by atoms with van der Waals surface area (Å²) in [7, 11) is 1.69. The zero-order valence-corrected chi connectivity index (χ0v) is 10.9. The third kappa shape index (κ3) is 3.20. The van der Waals surface area contributed by atoms with E-state index in [9.17, 15) is 4.79 Å². The lowest BCUT2D eigenvalue weighted by Crippen LogP contribution is -2.27. The van der Waals surface area contributed by atoms with Gasteiger partial charge in [-0.15, -0.1) is 0 Å². The van der Waals surface area contributed by atoms with E-state index in [1.54, 1.807) is 25.2 Å². The van der Waals surface area contributed by atoms with E-state index in [1.165, 1.54) is 6.08 Å². The van der Waals surface area contributed by atoms with Crippen LogP contribution in [0.5, 0.6) is 0 Å². The maximum absolute atomic E-state index is 11.8. The second kappa shape index (κ2) is 6.59. The maximum Gasteiger partial charge on any atom is 0.186 e. The molecule has 0 fully saturated rings. The Balaban J connectivity index is 3.21. The molecular weight excluding hydrogens is 226 g/mol. The second-order valence-electron chi connectivity index (χ2n) is 3.87. The molecule has 0 radical (unpaired) electrons. The number of nitrogens with two attached hydrogens (primary N) is 1. The van der Waals surface area contributed by atoms with Gasteiger partial charge in [0.2, 0.25) is 0 Å². The lowest BCUT2D eigenvalue weighted by molar-refractivity contribution is 0.104. The van der Waals surface area contributed by atoms with E-state index in [-0.39, 0.29) is 5.78 Å². The number of amidine groups is 1. The molecule has 1 rings (SSSR count). The Morgan fingerprint density at radius 2 is 2.22 bits per heavy atom. The normalized spacial score (nSPS) is 11.1. The van der Waals surface area contributed by atoms with Crippen molar-refractivity contribution < 1.29 is 4.79 Å². The number of nitrogens with zero attached hydrogens (tertiary/aromatic N) is 1. The molecule has 1 aromatic carbocycles. The molecule has 0 unspecified atom stereocenters. The topological polar surface area (TPSA) is 67.5 Å². The lowest BCUT2D eigenvalue weighted by Gasteiger charge is -2.12. The SMILES string of the molecule is C=CC(=O)c1cc(N)ccc1C(=NC)NCCC. The van der Waals surface area contributed by atoms with Crippen LogP contribution in [0.2, 0.25) is 0 Å². The standard InChI is InChI=1S/C14H19N3O/c1-4-8-17-14(16-3)11-7-6-10(15)9-12(11)13(18)5-2/h5-7,9H,2,4,8,15H2,1,3H3,(H,16,17). The summed E-state index contributed by atoms with van der Waals surface area (Å²) in [5, 5.41) is 3.20. The largest absolute Gasteiger partial charge is 0.399 e. The Morgan fingerprint density at radius 3 is 2.78 bits per heavy atom. The van der Waals surface area contributed by atoms with Crippen molar-refractivity contribution in [3.8, 4) is 0 Å². The summed E-state index contributed by atoms with van der Waals surface area (Å²) < 4.78 is 0. The van der Waals surface area contributed by atoms with Crippen molar-refractivity contribution >= 4 is 17.3 Å². The van der Waals surface area contributed by atoms with Crippen LogP contribution in [0.1, 0.15) is 29.3 Å². The second-order valence-corrected chi connectivity index (χ2v) is 3.87. The van der Waals surface area contributed by atoms with Gasteiger partial charge < -0.3 is 11.1 Å². The summed E-state index contributed by atoms with van der Waals surface area (Å²) in [6.45, 7) is 6.38. The molecule has 0 saturated heterocycles. The highest BCUT2D eigenvalue weighted by molar-refractivity contribution is 6.14. The number of anilines is 1. The molecule has 0 aliphatic heterocycles. The molecular formula is C14H19N3O. The molecule has 0 bridgehead atoms. The van der Waals surface area contributed by atoms with Gasteiger partial charge in [-0.1, -0.05) is 13.5 Å².